The number of aromatic hydroxyl groups is 1. The van der Waals surface area contributed by atoms with Gasteiger partial charge in [-0.2, -0.15) is 0 Å². The first-order valence-electron chi connectivity index (χ1n) is 12.7. The first-order valence-corrected chi connectivity index (χ1v) is 12.7. The summed E-state index contributed by atoms with van der Waals surface area (Å²) >= 11 is 0. The highest BCUT2D eigenvalue weighted by Gasteiger charge is 2.26. The summed E-state index contributed by atoms with van der Waals surface area (Å²) in [6, 6.07) is 25.2. The Morgan fingerprint density at radius 3 is 2.23 bits per heavy atom. The molecule has 0 saturated heterocycles. The van der Waals surface area contributed by atoms with Crippen molar-refractivity contribution in [1.82, 2.24) is 10.6 Å². The molecule has 8 nitrogen and oxygen atoms in total. The number of hydrogen-bond acceptors (Lipinski definition) is 5. The van der Waals surface area contributed by atoms with Gasteiger partial charge in [0.2, 0.25) is 11.8 Å². The molecule has 0 unspecified atom stereocenters. The molecule has 4 rings (SSSR count). The van der Waals surface area contributed by atoms with Crippen molar-refractivity contribution in [3.63, 3.8) is 0 Å². The van der Waals surface area contributed by atoms with Crippen molar-refractivity contribution >= 4 is 34.6 Å². The Kier molecular flexibility index (Phi) is 8.81. The molecule has 0 fully saturated rings. The van der Waals surface area contributed by atoms with E-state index in [9.17, 15) is 24.6 Å². The number of amides is 2. The number of carbonyl (C=O) groups is 3. The molecule has 0 bridgehead atoms. The summed E-state index contributed by atoms with van der Waals surface area (Å²) in [5, 5.41) is 26.5. The maximum atomic E-state index is 13.4. The molecule has 4 N–H and O–H groups in total. The first kappa shape index (κ1) is 27.9. The molecule has 2 atom stereocenters. The van der Waals surface area contributed by atoms with Gasteiger partial charge in [-0.05, 0) is 64.7 Å². The standard InChI is InChI=1S/C32H30N2O6/c1-20(23-10-11-25-19-27(40-2)15-12-24(25)18-23)30(36)33-28(16-22-8-13-26(35)14-9-22)31(37)34-29(32(38)39)17-21-6-4-3-5-7-21/h3-15,17-20,28,35H,16H2,1-2H3,(H,33,36)(H,34,37)(H,38,39)/b29-17-/t20-,28-/m0/s1. The summed E-state index contributed by atoms with van der Waals surface area (Å²) in [7, 11) is 1.60. The number of phenolic OH excluding ortho intramolecular Hbond substituents is 1. The van der Waals surface area contributed by atoms with Gasteiger partial charge in [0.05, 0.1) is 13.0 Å². The smallest absolute Gasteiger partial charge is 0.352 e. The predicted molar refractivity (Wildman–Crippen MR) is 153 cm³/mol. The minimum absolute atomic E-state index is 0.0651. The Balaban J connectivity index is 1.57. The lowest BCUT2D eigenvalue weighted by molar-refractivity contribution is -0.135. The van der Waals surface area contributed by atoms with Crippen LogP contribution >= 0.6 is 0 Å². The van der Waals surface area contributed by atoms with Gasteiger partial charge in [-0.15, -0.1) is 0 Å². The van der Waals surface area contributed by atoms with Crippen LogP contribution in [0.4, 0.5) is 0 Å². The molecule has 0 heterocycles. The lowest BCUT2D eigenvalue weighted by Crippen LogP contribution is -2.49. The minimum Gasteiger partial charge on any atom is -0.508 e. The van der Waals surface area contributed by atoms with Crippen molar-refractivity contribution in [2.75, 3.05) is 7.11 Å². The molecule has 8 heteroatoms. The van der Waals surface area contributed by atoms with Crippen LogP contribution in [0, 0.1) is 0 Å². The average molecular weight is 539 g/mol. The van der Waals surface area contributed by atoms with E-state index in [0.29, 0.717) is 11.1 Å². The number of benzene rings is 4. The maximum Gasteiger partial charge on any atom is 0.352 e. The van der Waals surface area contributed by atoms with Gasteiger partial charge in [0.1, 0.15) is 23.2 Å². The van der Waals surface area contributed by atoms with Crippen LogP contribution in [0.15, 0.2) is 96.7 Å². The molecule has 204 valence electrons. The van der Waals surface area contributed by atoms with Crippen LogP contribution in [0.25, 0.3) is 16.8 Å². The van der Waals surface area contributed by atoms with Crippen molar-refractivity contribution in [2.45, 2.75) is 25.3 Å². The quantitative estimate of drug-likeness (QED) is 0.218. The summed E-state index contributed by atoms with van der Waals surface area (Å²) in [6.45, 7) is 1.74. The topological polar surface area (TPSA) is 125 Å². The number of carboxylic acids is 1. The van der Waals surface area contributed by atoms with E-state index in [1.165, 1.54) is 18.2 Å². The Hall–Kier alpha value is -5.11. The molecule has 0 aliphatic carbocycles. The number of fused-ring (bicyclic) bond motifs is 1. The number of hydrogen-bond donors (Lipinski definition) is 4. The third-order valence-corrected chi connectivity index (χ3v) is 6.57. The molecular formula is C32H30N2O6. The first-order chi connectivity index (χ1) is 19.2. The Labute approximate surface area is 231 Å². The van der Waals surface area contributed by atoms with Crippen molar-refractivity contribution in [3.8, 4) is 11.5 Å². The van der Waals surface area contributed by atoms with Gasteiger partial charge in [-0.25, -0.2) is 4.79 Å². The second kappa shape index (κ2) is 12.6. The molecule has 0 aliphatic heterocycles. The number of methoxy groups -OCH3 is 1. The second-order valence-electron chi connectivity index (χ2n) is 9.39. The highest BCUT2D eigenvalue weighted by atomic mass is 16.5. The van der Waals surface area contributed by atoms with Gasteiger partial charge in [0.25, 0.3) is 0 Å². The van der Waals surface area contributed by atoms with E-state index in [-0.39, 0.29) is 17.9 Å². The zero-order valence-electron chi connectivity index (χ0n) is 22.1. The van der Waals surface area contributed by atoms with Gasteiger partial charge < -0.3 is 25.6 Å². The third-order valence-electron chi connectivity index (χ3n) is 6.57. The lowest BCUT2D eigenvalue weighted by Gasteiger charge is -2.21. The molecular weight excluding hydrogens is 508 g/mol. The van der Waals surface area contributed by atoms with Gasteiger partial charge in [0, 0.05) is 6.42 Å². The zero-order valence-corrected chi connectivity index (χ0v) is 22.1. The lowest BCUT2D eigenvalue weighted by atomic mass is 9.96. The molecule has 0 radical (unpaired) electrons. The number of ether oxygens (including phenoxy) is 1. The van der Waals surface area contributed by atoms with Gasteiger partial charge in [-0.1, -0.05) is 66.7 Å². The normalized spacial score (nSPS) is 12.8. The Morgan fingerprint density at radius 1 is 0.875 bits per heavy atom. The Bertz CT molecular complexity index is 1550. The number of carboxylic acid groups (broad SMARTS) is 1. The molecule has 4 aromatic carbocycles. The van der Waals surface area contributed by atoms with Crippen LogP contribution < -0.4 is 15.4 Å². The average Bonchev–Trinajstić information content (AvgIpc) is 2.96. The highest BCUT2D eigenvalue weighted by molar-refractivity contribution is 5.99. The molecule has 2 amide bonds. The molecule has 0 saturated carbocycles. The summed E-state index contributed by atoms with van der Waals surface area (Å²) in [5.74, 6) is -2.18. The molecule has 0 aliphatic rings. The summed E-state index contributed by atoms with van der Waals surface area (Å²) in [4.78, 5) is 38.6. The number of aliphatic carboxylic acids is 1. The monoisotopic (exact) mass is 538 g/mol. The predicted octanol–water partition coefficient (Wildman–Crippen LogP) is 4.63. The fourth-order valence-electron chi connectivity index (χ4n) is 4.25. The Morgan fingerprint density at radius 2 is 1.55 bits per heavy atom. The minimum atomic E-state index is -1.31. The number of rotatable bonds is 10. The van der Waals surface area contributed by atoms with E-state index in [1.807, 2.05) is 36.4 Å². The van der Waals surface area contributed by atoms with Crippen LogP contribution in [-0.4, -0.2) is 41.1 Å². The van der Waals surface area contributed by atoms with E-state index in [1.54, 1.807) is 56.5 Å². The number of carbonyl (C=O) groups excluding carboxylic acids is 2. The van der Waals surface area contributed by atoms with Gasteiger partial charge >= 0.3 is 5.97 Å². The van der Waals surface area contributed by atoms with Crippen LogP contribution in [0.1, 0.15) is 29.5 Å². The van der Waals surface area contributed by atoms with Crippen LogP contribution in [0.5, 0.6) is 11.5 Å². The van der Waals surface area contributed by atoms with Crippen molar-refractivity contribution in [3.05, 3.63) is 113 Å². The number of phenols is 1. The summed E-state index contributed by atoms with van der Waals surface area (Å²) in [6.07, 6.45) is 1.44. The van der Waals surface area contributed by atoms with E-state index in [2.05, 4.69) is 10.6 Å². The second-order valence-corrected chi connectivity index (χ2v) is 9.39. The van der Waals surface area contributed by atoms with Crippen LogP contribution in [0.2, 0.25) is 0 Å². The van der Waals surface area contributed by atoms with Crippen molar-refractivity contribution in [1.29, 1.82) is 0 Å². The van der Waals surface area contributed by atoms with Crippen LogP contribution in [0.3, 0.4) is 0 Å². The largest absolute Gasteiger partial charge is 0.508 e. The summed E-state index contributed by atoms with van der Waals surface area (Å²) < 4.78 is 5.28. The molecule has 4 aromatic rings. The maximum absolute atomic E-state index is 13.4. The summed E-state index contributed by atoms with van der Waals surface area (Å²) in [5.41, 5.74) is 1.71. The number of nitrogens with one attached hydrogen (secondary N) is 2. The molecule has 0 spiro atoms. The fourth-order valence-corrected chi connectivity index (χ4v) is 4.25. The van der Waals surface area contributed by atoms with E-state index in [0.717, 1.165) is 22.1 Å². The van der Waals surface area contributed by atoms with E-state index in [4.69, 9.17) is 4.74 Å². The fraction of sp³-hybridized carbons (Fsp3) is 0.156. The molecule has 0 aromatic heterocycles. The SMILES string of the molecule is COc1ccc2cc([C@H](C)C(=O)N[C@@H](Cc3ccc(O)cc3)C(=O)N/C(=C\c3ccccc3)C(=O)O)ccc2c1. The van der Waals surface area contributed by atoms with E-state index >= 15 is 0 Å². The van der Waals surface area contributed by atoms with E-state index < -0.39 is 29.7 Å². The van der Waals surface area contributed by atoms with Gasteiger partial charge in [-0.3, -0.25) is 9.59 Å². The molecule has 40 heavy (non-hydrogen) atoms. The zero-order chi connectivity index (χ0) is 28.6. The van der Waals surface area contributed by atoms with Crippen LogP contribution in [-0.2, 0) is 20.8 Å². The third kappa shape index (κ3) is 7.05. The van der Waals surface area contributed by atoms with Gasteiger partial charge in [0.15, 0.2) is 0 Å². The van der Waals surface area contributed by atoms with Crippen molar-refractivity contribution in [2.24, 2.45) is 0 Å². The highest BCUT2D eigenvalue weighted by Crippen LogP contribution is 2.25. The van der Waals surface area contributed by atoms with Crippen molar-refractivity contribution < 1.29 is 29.3 Å².